The molecular weight excluding hydrogens is 360 g/mol. The van der Waals surface area contributed by atoms with E-state index in [1.165, 1.54) is 12.1 Å². The summed E-state index contributed by atoms with van der Waals surface area (Å²) in [4.78, 5) is 12.7. The molecule has 27 heavy (non-hydrogen) atoms. The van der Waals surface area contributed by atoms with Gasteiger partial charge in [0.15, 0.2) is 9.84 Å². The van der Waals surface area contributed by atoms with E-state index in [0.29, 0.717) is 11.3 Å². The van der Waals surface area contributed by atoms with Crippen molar-refractivity contribution in [1.82, 2.24) is 4.57 Å². The third kappa shape index (κ3) is 3.90. The number of nitrogens with one attached hydrogen (secondary N) is 1. The number of aromatic nitrogens is 1. The molecule has 0 aliphatic rings. The Hall–Kier alpha value is -2.60. The first kappa shape index (κ1) is 19.2. The van der Waals surface area contributed by atoms with Crippen molar-refractivity contribution >= 4 is 32.3 Å². The van der Waals surface area contributed by atoms with Crippen molar-refractivity contribution < 1.29 is 13.2 Å². The predicted molar refractivity (Wildman–Crippen MR) is 109 cm³/mol. The van der Waals surface area contributed by atoms with Gasteiger partial charge in [0.1, 0.15) is 0 Å². The van der Waals surface area contributed by atoms with Crippen LogP contribution in [0.15, 0.2) is 59.6 Å². The average molecular weight is 385 g/mol. The third-order valence-electron chi connectivity index (χ3n) is 4.56. The maximum atomic E-state index is 12.5. The summed E-state index contributed by atoms with van der Waals surface area (Å²) >= 11 is 0. The van der Waals surface area contributed by atoms with Gasteiger partial charge in [-0.3, -0.25) is 4.79 Å². The smallest absolute Gasteiger partial charge is 0.255 e. The van der Waals surface area contributed by atoms with Gasteiger partial charge in [-0.1, -0.05) is 6.92 Å². The Morgan fingerprint density at radius 1 is 1.07 bits per heavy atom. The Morgan fingerprint density at radius 2 is 1.78 bits per heavy atom. The molecule has 1 aromatic heterocycles. The fraction of sp³-hybridized carbons (Fsp3) is 0.286. The second-order valence-corrected chi connectivity index (χ2v) is 9.36. The van der Waals surface area contributed by atoms with E-state index in [1.54, 1.807) is 26.0 Å². The summed E-state index contributed by atoms with van der Waals surface area (Å²) in [6.45, 7) is 6.37. The van der Waals surface area contributed by atoms with E-state index < -0.39 is 15.1 Å². The number of carbonyl (C=O) groups is 1. The van der Waals surface area contributed by atoms with E-state index in [0.717, 1.165) is 23.9 Å². The quantitative estimate of drug-likeness (QED) is 0.681. The minimum absolute atomic E-state index is 0.229. The van der Waals surface area contributed by atoms with Gasteiger partial charge in [-0.2, -0.15) is 0 Å². The number of fused-ring (bicyclic) bond motifs is 1. The normalized spacial score (nSPS) is 11.9. The molecule has 3 aromatic rings. The number of rotatable bonds is 6. The van der Waals surface area contributed by atoms with Crippen LogP contribution in [0.2, 0.25) is 0 Å². The van der Waals surface area contributed by atoms with E-state index >= 15 is 0 Å². The Morgan fingerprint density at radius 3 is 2.41 bits per heavy atom. The van der Waals surface area contributed by atoms with Crippen LogP contribution in [0, 0.1) is 0 Å². The van der Waals surface area contributed by atoms with E-state index in [2.05, 4.69) is 16.8 Å². The van der Waals surface area contributed by atoms with Gasteiger partial charge < -0.3 is 9.88 Å². The summed E-state index contributed by atoms with van der Waals surface area (Å²) in [7, 11) is -3.34. The summed E-state index contributed by atoms with van der Waals surface area (Å²) in [6.07, 6.45) is 3.11. The number of aryl methyl sites for hydroxylation is 1. The molecule has 142 valence electrons. The maximum absolute atomic E-state index is 12.5. The first-order valence-corrected chi connectivity index (χ1v) is 10.6. The molecule has 1 amide bonds. The molecule has 0 unspecified atom stereocenters. The van der Waals surface area contributed by atoms with Crippen LogP contribution in [0.5, 0.6) is 0 Å². The van der Waals surface area contributed by atoms with Crippen LogP contribution in [0.25, 0.3) is 10.9 Å². The molecule has 0 aliphatic heterocycles. The van der Waals surface area contributed by atoms with E-state index in [-0.39, 0.29) is 10.8 Å². The zero-order chi connectivity index (χ0) is 19.6. The Bertz CT molecular complexity index is 1060. The predicted octanol–water partition coefficient (Wildman–Crippen LogP) is 4.49. The summed E-state index contributed by atoms with van der Waals surface area (Å²) < 4.78 is 26.5. The molecule has 0 atom stereocenters. The fourth-order valence-electron chi connectivity index (χ4n) is 2.99. The lowest BCUT2D eigenvalue weighted by molar-refractivity contribution is 0.102. The van der Waals surface area contributed by atoms with Crippen LogP contribution >= 0.6 is 0 Å². The fourth-order valence-corrected chi connectivity index (χ4v) is 4.04. The summed E-state index contributed by atoms with van der Waals surface area (Å²) in [6, 6.07) is 13.9. The van der Waals surface area contributed by atoms with Gasteiger partial charge in [0.2, 0.25) is 0 Å². The number of amides is 1. The molecule has 3 rings (SSSR count). The molecule has 0 aliphatic carbocycles. The molecule has 5 nitrogen and oxygen atoms in total. The number of sulfone groups is 1. The number of hydrogen-bond donors (Lipinski definition) is 1. The van der Waals surface area contributed by atoms with Gasteiger partial charge in [0.25, 0.3) is 5.91 Å². The number of carbonyl (C=O) groups excluding carboxylic acids is 1. The van der Waals surface area contributed by atoms with E-state index in [4.69, 9.17) is 0 Å². The molecule has 0 fully saturated rings. The second kappa shape index (κ2) is 7.56. The van der Waals surface area contributed by atoms with Crippen molar-refractivity contribution in [3.05, 3.63) is 60.3 Å². The van der Waals surface area contributed by atoms with Crippen LogP contribution in [0.3, 0.4) is 0 Å². The van der Waals surface area contributed by atoms with E-state index in [9.17, 15) is 13.2 Å². The molecule has 1 N–H and O–H groups in total. The molecular formula is C21H24N2O3S. The molecule has 2 aromatic carbocycles. The van der Waals surface area contributed by atoms with Crippen LogP contribution in [0.1, 0.15) is 37.6 Å². The van der Waals surface area contributed by atoms with Gasteiger partial charge in [0, 0.05) is 34.9 Å². The highest BCUT2D eigenvalue weighted by Gasteiger charge is 2.19. The lowest BCUT2D eigenvalue weighted by Gasteiger charge is -2.09. The summed E-state index contributed by atoms with van der Waals surface area (Å²) in [5.41, 5.74) is 2.26. The average Bonchev–Trinajstić information content (AvgIpc) is 3.04. The Balaban J connectivity index is 1.78. The van der Waals surface area contributed by atoms with Crippen molar-refractivity contribution in [3.63, 3.8) is 0 Å². The monoisotopic (exact) mass is 384 g/mol. The molecule has 0 spiro atoms. The first-order valence-electron chi connectivity index (χ1n) is 9.07. The molecule has 0 saturated heterocycles. The van der Waals surface area contributed by atoms with Crippen molar-refractivity contribution in [2.75, 3.05) is 5.32 Å². The lowest BCUT2D eigenvalue weighted by atomic mass is 10.2. The van der Waals surface area contributed by atoms with Crippen LogP contribution in [0.4, 0.5) is 5.69 Å². The summed E-state index contributed by atoms with van der Waals surface area (Å²) in [5, 5.41) is 3.45. The Labute approximate surface area is 159 Å². The number of hydrogen-bond acceptors (Lipinski definition) is 3. The number of anilines is 1. The topological polar surface area (TPSA) is 68.2 Å². The zero-order valence-electron chi connectivity index (χ0n) is 15.8. The zero-order valence-corrected chi connectivity index (χ0v) is 16.6. The molecule has 0 radical (unpaired) electrons. The van der Waals surface area contributed by atoms with Crippen molar-refractivity contribution in [2.24, 2.45) is 0 Å². The van der Waals surface area contributed by atoms with Crippen molar-refractivity contribution in [2.45, 2.75) is 43.9 Å². The summed E-state index contributed by atoms with van der Waals surface area (Å²) in [5.74, 6) is -0.268. The lowest BCUT2D eigenvalue weighted by Crippen LogP contribution is -2.15. The van der Waals surface area contributed by atoms with Crippen LogP contribution < -0.4 is 5.32 Å². The van der Waals surface area contributed by atoms with E-state index in [1.807, 2.05) is 30.5 Å². The molecule has 1 heterocycles. The highest BCUT2D eigenvalue weighted by molar-refractivity contribution is 7.92. The number of benzene rings is 2. The molecule has 0 saturated carbocycles. The highest BCUT2D eigenvalue weighted by Crippen LogP contribution is 2.22. The first-order chi connectivity index (χ1) is 12.8. The van der Waals surface area contributed by atoms with Gasteiger partial charge in [-0.15, -0.1) is 0 Å². The maximum Gasteiger partial charge on any atom is 0.255 e. The third-order valence-corrected chi connectivity index (χ3v) is 6.73. The van der Waals surface area contributed by atoms with Gasteiger partial charge in [-0.05, 0) is 68.8 Å². The van der Waals surface area contributed by atoms with Gasteiger partial charge >= 0.3 is 0 Å². The van der Waals surface area contributed by atoms with Crippen molar-refractivity contribution in [1.29, 1.82) is 0 Å². The SMILES string of the molecule is CCCn1ccc2cc(NC(=O)c3ccc(S(=O)(=O)C(C)C)cc3)ccc21. The van der Waals surface area contributed by atoms with Crippen LogP contribution in [-0.2, 0) is 16.4 Å². The van der Waals surface area contributed by atoms with Crippen LogP contribution in [-0.4, -0.2) is 24.1 Å². The Kier molecular flexibility index (Phi) is 5.37. The minimum Gasteiger partial charge on any atom is -0.347 e. The largest absolute Gasteiger partial charge is 0.347 e. The van der Waals surface area contributed by atoms with Crippen molar-refractivity contribution in [3.8, 4) is 0 Å². The number of nitrogens with zero attached hydrogens (tertiary/aromatic N) is 1. The minimum atomic E-state index is -3.34. The standard InChI is InChI=1S/C21H24N2O3S/c1-4-12-23-13-11-17-14-18(7-10-20(17)23)22-21(24)16-5-8-19(9-6-16)27(25,26)15(2)3/h5-11,13-15H,4,12H2,1-3H3,(H,22,24). The van der Waals surface area contributed by atoms with Gasteiger partial charge in [-0.25, -0.2) is 8.42 Å². The highest BCUT2D eigenvalue weighted by atomic mass is 32.2. The molecule has 6 heteroatoms. The molecule has 0 bridgehead atoms. The van der Waals surface area contributed by atoms with Gasteiger partial charge in [0.05, 0.1) is 10.1 Å². The second-order valence-electron chi connectivity index (χ2n) is 6.85.